The molecule has 0 bridgehead atoms. The van der Waals surface area contributed by atoms with Crippen molar-refractivity contribution < 1.29 is 23.9 Å². The van der Waals surface area contributed by atoms with E-state index in [0.717, 1.165) is 17.7 Å². The van der Waals surface area contributed by atoms with Crippen LogP contribution in [0.3, 0.4) is 0 Å². The predicted octanol–water partition coefficient (Wildman–Crippen LogP) is 1.95. The van der Waals surface area contributed by atoms with Gasteiger partial charge in [-0.05, 0) is 49.2 Å². The number of nitrogens with zero attached hydrogens (tertiary/aromatic N) is 1. The Labute approximate surface area is 163 Å². The van der Waals surface area contributed by atoms with Crippen molar-refractivity contribution in [2.24, 2.45) is 0 Å². The van der Waals surface area contributed by atoms with Crippen molar-refractivity contribution in [2.75, 3.05) is 25.2 Å². The highest BCUT2D eigenvalue weighted by molar-refractivity contribution is 5.98. The number of amides is 2. The van der Waals surface area contributed by atoms with Crippen LogP contribution in [0.15, 0.2) is 48.5 Å². The van der Waals surface area contributed by atoms with Crippen molar-refractivity contribution >= 4 is 23.5 Å². The number of nitrogens with one attached hydrogen (secondary N) is 1. The molecule has 2 amide bonds. The van der Waals surface area contributed by atoms with E-state index in [1.807, 2.05) is 31.2 Å². The van der Waals surface area contributed by atoms with Gasteiger partial charge in [0.25, 0.3) is 11.8 Å². The molecule has 0 aromatic heterocycles. The third-order valence-electron chi connectivity index (χ3n) is 4.58. The Hall–Kier alpha value is -3.35. The molecule has 7 heteroatoms. The van der Waals surface area contributed by atoms with E-state index in [0.29, 0.717) is 11.3 Å². The first kappa shape index (κ1) is 19.4. The summed E-state index contributed by atoms with van der Waals surface area (Å²) < 4.78 is 10.1. The molecule has 1 aliphatic rings. The second-order valence-corrected chi connectivity index (χ2v) is 6.52. The van der Waals surface area contributed by atoms with E-state index in [9.17, 15) is 14.4 Å². The van der Waals surface area contributed by atoms with Gasteiger partial charge in [0.05, 0.1) is 7.11 Å². The topological polar surface area (TPSA) is 84.9 Å². The zero-order chi connectivity index (χ0) is 20.1. The summed E-state index contributed by atoms with van der Waals surface area (Å²) in [5.41, 5.74) is 2.34. The molecule has 0 aliphatic carbocycles. The number of carbonyl (C=O) groups is 3. The van der Waals surface area contributed by atoms with Gasteiger partial charge in [0, 0.05) is 17.3 Å². The number of anilines is 1. The largest absolute Gasteiger partial charge is 0.497 e. The molecule has 0 fully saturated rings. The van der Waals surface area contributed by atoms with E-state index in [-0.39, 0.29) is 25.1 Å². The number of hydrogen-bond acceptors (Lipinski definition) is 5. The van der Waals surface area contributed by atoms with Gasteiger partial charge >= 0.3 is 5.97 Å². The van der Waals surface area contributed by atoms with Crippen molar-refractivity contribution in [1.29, 1.82) is 0 Å². The van der Waals surface area contributed by atoms with E-state index in [1.54, 1.807) is 29.2 Å². The molecule has 1 heterocycles. The lowest BCUT2D eigenvalue weighted by molar-refractivity contribution is -0.146. The molecule has 0 saturated carbocycles. The third-order valence-corrected chi connectivity index (χ3v) is 4.58. The van der Waals surface area contributed by atoms with Gasteiger partial charge < -0.3 is 19.7 Å². The molecular weight excluding hydrogens is 360 g/mol. The Morgan fingerprint density at radius 2 is 1.82 bits per heavy atom. The molecule has 1 atom stereocenters. The highest BCUT2D eigenvalue weighted by Gasteiger charge is 2.30. The van der Waals surface area contributed by atoms with Gasteiger partial charge in [-0.1, -0.05) is 18.2 Å². The molecule has 7 nitrogen and oxygen atoms in total. The average Bonchev–Trinajstić information content (AvgIpc) is 3.06. The highest BCUT2D eigenvalue weighted by Crippen LogP contribution is 2.31. The number of hydrogen-bond donors (Lipinski definition) is 1. The summed E-state index contributed by atoms with van der Waals surface area (Å²) in [6.45, 7) is 1.27. The molecule has 2 aromatic rings. The zero-order valence-corrected chi connectivity index (χ0v) is 15.8. The monoisotopic (exact) mass is 382 g/mol. The van der Waals surface area contributed by atoms with Crippen LogP contribution in [0.25, 0.3) is 0 Å². The number of carbonyl (C=O) groups excluding carboxylic acids is 3. The number of esters is 1. The van der Waals surface area contributed by atoms with Gasteiger partial charge in [-0.15, -0.1) is 0 Å². The summed E-state index contributed by atoms with van der Waals surface area (Å²) in [5, 5.41) is 2.47. The van der Waals surface area contributed by atoms with Crippen molar-refractivity contribution in [1.82, 2.24) is 5.32 Å². The Kier molecular flexibility index (Phi) is 5.93. The van der Waals surface area contributed by atoms with Gasteiger partial charge in [-0.3, -0.25) is 14.4 Å². The van der Waals surface area contributed by atoms with E-state index in [2.05, 4.69) is 5.32 Å². The lowest BCUT2D eigenvalue weighted by Crippen LogP contribution is -2.39. The van der Waals surface area contributed by atoms with Crippen LogP contribution in [0.2, 0.25) is 0 Å². The van der Waals surface area contributed by atoms with Gasteiger partial charge in [-0.25, -0.2) is 0 Å². The quantitative estimate of drug-likeness (QED) is 0.772. The average molecular weight is 382 g/mol. The van der Waals surface area contributed by atoms with Crippen LogP contribution in [-0.4, -0.2) is 44.1 Å². The van der Waals surface area contributed by atoms with Crippen LogP contribution in [0, 0.1) is 0 Å². The maximum absolute atomic E-state index is 12.5. The number of rotatable bonds is 6. The molecular formula is C21H22N2O5. The van der Waals surface area contributed by atoms with Crippen molar-refractivity contribution in [2.45, 2.75) is 19.4 Å². The SMILES string of the molecule is COc1ccc(C(=O)NCC(=O)OCC(=O)N2c3ccccc3C[C@@H]2C)cc1. The lowest BCUT2D eigenvalue weighted by Gasteiger charge is -2.22. The normalized spacial score (nSPS) is 14.9. The number of fused-ring (bicyclic) bond motifs is 1. The van der Waals surface area contributed by atoms with Crippen molar-refractivity contribution in [3.8, 4) is 5.75 Å². The maximum atomic E-state index is 12.5. The fourth-order valence-corrected chi connectivity index (χ4v) is 3.21. The van der Waals surface area contributed by atoms with E-state index < -0.39 is 11.9 Å². The summed E-state index contributed by atoms with van der Waals surface area (Å²) in [4.78, 5) is 38.1. The molecule has 28 heavy (non-hydrogen) atoms. The van der Waals surface area contributed by atoms with Crippen LogP contribution in [0.1, 0.15) is 22.8 Å². The summed E-state index contributed by atoms with van der Waals surface area (Å²) in [6, 6.07) is 14.2. The Morgan fingerprint density at radius 3 is 2.54 bits per heavy atom. The van der Waals surface area contributed by atoms with E-state index >= 15 is 0 Å². The number of ether oxygens (including phenoxy) is 2. The minimum Gasteiger partial charge on any atom is -0.497 e. The first-order valence-corrected chi connectivity index (χ1v) is 8.97. The summed E-state index contributed by atoms with van der Waals surface area (Å²) in [7, 11) is 1.54. The predicted molar refractivity (Wildman–Crippen MR) is 103 cm³/mol. The lowest BCUT2D eigenvalue weighted by atomic mass is 10.1. The maximum Gasteiger partial charge on any atom is 0.325 e. The second kappa shape index (κ2) is 8.56. The molecule has 0 saturated heterocycles. The van der Waals surface area contributed by atoms with Gasteiger partial charge in [0.15, 0.2) is 6.61 Å². The molecule has 0 spiro atoms. The Morgan fingerprint density at radius 1 is 1.11 bits per heavy atom. The number of para-hydroxylation sites is 1. The van der Waals surface area contributed by atoms with Gasteiger partial charge in [-0.2, -0.15) is 0 Å². The Bertz CT molecular complexity index is 879. The summed E-state index contributed by atoms with van der Waals surface area (Å²) in [6.07, 6.45) is 0.772. The first-order chi connectivity index (χ1) is 13.5. The molecule has 3 rings (SSSR count). The fraction of sp³-hybridized carbons (Fsp3) is 0.286. The molecule has 2 aromatic carbocycles. The van der Waals surface area contributed by atoms with Gasteiger partial charge in [0.1, 0.15) is 12.3 Å². The molecule has 0 unspecified atom stereocenters. The molecule has 0 radical (unpaired) electrons. The van der Waals surface area contributed by atoms with Gasteiger partial charge in [0.2, 0.25) is 0 Å². The Balaban J connectivity index is 1.47. The summed E-state index contributed by atoms with van der Waals surface area (Å²) >= 11 is 0. The van der Waals surface area contributed by atoms with Crippen molar-refractivity contribution in [3.05, 3.63) is 59.7 Å². The minimum absolute atomic E-state index is 0.0124. The molecule has 1 aliphatic heterocycles. The van der Waals surface area contributed by atoms with Crippen LogP contribution in [0.4, 0.5) is 5.69 Å². The number of methoxy groups -OCH3 is 1. The summed E-state index contributed by atoms with van der Waals surface area (Å²) in [5.74, 6) is -0.733. The highest BCUT2D eigenvalue weighted by atomic mass is 16.5. The molecule has 1 N–H and O–H groups in total. The van der Waals surface area contributed by atoms with Crippen LogP contribution in [-0.2, 0) is 20.7 Å². The van der Waals surface area contributed by atoms with Crippen molar-refractivity contribution in [3.63, 3.8) is 0 Å². The van der Waals surface area contributed by atoms with Crippen LogP contribution >= 0.6 is 0 Å². The second-order valence-electron chi connectivity index (χ2n) is 6.52. The van der Waals surface area contributed by atoms with Crippen LogP contribution < -0.4 is 15.0 Å². The van der Waals surface area contributed by atoms with E-state index in [1.165, 1.54) is 7.11 Å². The minimum atomic E-state index is -0.671. The smallest absolute Gasteiger partial charge is 0.325 e. The van der Waals surface area contributed by atoms with Crippen LogP contribution in [0.5, 0.6) is 5.75 Å². The first-order valence-electron chi connectivity index (χ1n) is 8.97. The molecule has 146 valence electrons. The number of benzene rings is 2. The van der Waals surface area contributed by atoms with E-state index in [4.69, 9.17) is 9.47 Å². The zero-order valence-electron chi connectivity index (χ0n) is 15.8. The fourth-order valence-electron chi connectivity index (χ4n) is 3.21. The standard InChI is InChI=1S/C21H22N2O5/c1-14-11-16-5-3-4-6-18(16)23(14)19(24)13-28-20(25)12-22-21(26)15-7-9-17(27-2)10-8-15/h3-10,14H,11-13H2,1-2H3,(H,22,26)/t14-/m0/s1. The third kappa shape index (κ3) is 4.31.